The highest BCUT2D eigenvalue weighted by Gasteiger charge is 2.21. The van der Waals surface area contributed by atoms with Crippen LogP contribution in [-0.2, 0) is 0 Å². The lowest BCUT2D eigenvalue weighted by atomic mass is 10.2. The first kappa shape index (κ1) is 18.1. The highest BCUT2D eigenvalue weighted by atomic mass is 19.3. The summed E-state index contributed by atoms with van der Waals surface area (Å²) in [5.41, 5.74) is -0.207. The Kier molecular flexibility index (Phi) is 6.48. The zero-order valence-corrected chi connectivity index (χ0v) is 12.5. The maximum atomic E-state index is 13.3. The van der Waals surface area contributed by atoms with Gasteiger partial charge in [-0.25, -0.2) is 9.18 Å². The lowest BCUT2D eigenvalue weighted by Crippen LogP contribution is -2.43. The van der Waals surface area contributed by atoms with Gasteiger partial charge in [0.15, 0.2) is 0 Å². The third kappa shape index (κ3) is 5.44. The van der Waals surface area contributed by atoms with Crippen molar-refractivity contribution in [1.82, 2.24) is 4.90 Å². The van der Waals surface area contributed by atoms with E-state index in [0.29, 0.717) is 0 Å². The second kappa shape index (κ2) is 7.88. The summed E-state index contributed by atoms with van der Waals surface area (Å²) in [6.07, 6.45) is -0.766. The van der Waals surface area contributed by atoms with Crippen LogP contribution in [0.5, 0.6) is 5.75 Å². The number of urea groups is 1. The van der Waals surface area contributed by atoms with Gasteiger partial charge in [0.25, 0.3) is 0 Å². The van der Waals surface area contributed by atoms with Crippen LogP contribution in [0, 0.1) is 5.82 Å². The van der Waals surface area contributed by atoms with Gasteiger partial charge >= 0.3 is 12.6 Å². The Morgan fingerprint density at radius 2 is 2.00 bits per heavy atom. The molecule has 0 aliphatic heterocycles. The first-order valence-corrected chi connectivity index (χ1v) is 6.70. The molecule has 0 saturated carbocycles. The lowest BCUT2D eigenvalue weighted by molar-refractivity contribution is -0.0494. The third-order valence-corrected chi connectivity index (χ3v) is 2.74. The highest BCUT2D eigenvalue weighted by molar-refractivity contribution is 5.91. The number of aliphatic hydroxyl groups is 1. The largest absolute Gasteiger partial charge is 0.433 e. The van der Waals surface area contributed by atoms with Gasteiger partial charge in [-0.3, -0.25) is 0 Å². The quantitative estimate of drug-likeness (QED) is 0.847. The molecule has 0 fully saturated rings. The number of hydrogen-bond acceptors (Lipinski definition) is 3. The van der Waals surface area contributed by atoms with Crippen LogP contribution in [0.3, 0.4) is 0 Å². The van der Waals surface area contributed by atoms with Crippen LogP contribution in [0.25, 0.3) is 0 Å². The number of amides is 2. The molecular weight excluding hydrogens is 301 g/mol. The maximum Gasteiger partial charge on any atom is 0.387 e. The zero-order valence-electron chi connectivity index (χ0n) is 12.5. The lowest BCUT2D eigenvalue weighted by Gasteiger charge is -2.28. The first-order valence-electron chi connectivity index (χ1n) is 6.70. The van der Waals surface area contributed by atoms with Gasteiger partial charge in [-0.05, 0) is 32.9 Å². The molecule has 1 unspecified atom stereocenters. The van der Waals surface area contributed by atoms with Crippen molar-refractivity contribution < 1.29 is 27.8 Å². The van der Waals surface area contributed by atoms with Crippen molar-refractivity contribution in [3.8, 4) is 5.75 Å². The maximum absolute atomic E-state index is 13.3. The van der Waals surface area contributed by atoms with Gasteiger partial charge in [-0.15, -0.1) is 0 Å². The monoisotopic (exact) mass is 320 g/mol. The number of benzene rings is 1. The molecule has 5 nitrogen and oxygen atoms in total. The molecular formula is C14H19F3N2O3. The Balaban J connectivity index is 2.96. The minimum absolute atomic E-state index is 0.0455. The van der Waals surface area contributed by atoms with E-state index in [4.69, 9.17) is 0 Å². The summed E-state index contributed by atoms with van der Waals surface area (Å²) in [6.45, 7) is 1.91. The van der Waals surface area contributed by atoms with Crippen molar-refractivity contribution in [3.63, 3.8) is 0 Å². The van der Waals surface area contributed by atoms with Gasteiger partial charge in [0.05, 0.1) is 11.8 Å². The summed E-state index contributed by atoms with van der Waals surface area (Å²) in [5.74, 6) is -1.05. The SMILES string of the molecule is CC(O)CN(C(=O)Nc1cc(F)ccc1OC(F)F)C(C)C. The van der Waals surface area contributed by atoms with Gasteiger partial charge in [-0.1, -0.05) is 0 Å². The summed E-state index contributed by atoms with van der Waals surface area (Å²) >= 11 is 0. The first-order chi connectivity index (χ1) is 10.2. The fourth-order valence-corrected chi connectivity index (χ4v) is 1.80. The summed E-state index contributed by atoms with van der Waals surface area (Å²) in [5, 5.41) is 11.7. The van der Waals surface area contributed by atoms with Crippen molar-refractivity contribution >= 4 is 11.7 Å². The molecule has 0 aliphatic carbocycles. The number of nitrogens with one attached hydrogen (secondary N) is 1. The standard InChI is InChI=1S/C14H19F3N2O3/c1-8(2)19(7-9(3)20)14(21)18-11-6-10(15)4-5-12(11)22-13(16)17/h4-6,8-9,13,20H,7H2,1-3H3,(H,18,21). The van der Waals surface area contributed by atoms with E-state index in [1.807, 2.05) is 0 Å². The fraction of sp³-hybridized carbons (Fsp3) is 0.500. The van der Waals surface area contributed by atoms with E-state index in [9.17, 15) is 23.1 Å². The van der Waals surface area contributed by atoms with Gasteiger partial charge < -0.3 is 20.1 Å². The number of hydrogen-bond donors (Lipinski definition) is 2. The molecule has 1 aromatic carbocycles. The van der Waals surface area contributed by atoms with Crippen molar-refractivity contribution in [2.75, 3.05) is 11.9 Å². The minimum Gasteiger partial charge on any atom is -0.433 e. The Morgan fingerprint density at radius 1 is 1.36 bits per heavy atom. The number of ether oxygens (including phenoxy) is 1. The number of aliphatic hydroxyl groups excluding tert-OH is 1. The number of halogens is 3. The molecule has 0 spiro atoms. The van der Waals surface area contributed by atoms with E-state index in [1.54, 1.807) is 13.8 Å². The summed E-state index contributed by atoms with van der Waals surface area (Å²) in [7, 11) is 0. The molecule has 1 atom stereocenters. The Bertz CT molecular complexity index is 510. The highest BCUT2D eigenvalue weighted by Crippen LogP contribution is 2.27. The van der Waals surface area contributed by atoms with Gasteiger partial charge in [0.2, 0.25) is 0 Å². The van der Waals surface area contributed by atoms with E-state index in [-0.39, 0.29) is 24.0 Å². The Morgan fingerprint density at radius 3 is 2.50 bits per heavy atom. The van der Waals surface area contributed by atoms with Crippen molar-refractivity contribution in [2.24, 2.45) is 0 Å². The van der Waals surface area contributed by atoms with Crippen molar-refractivity contribution in [2.45, 2.75) is 39.5 Å². The molecule has 0 radical (unpaired) electrons. The molecule has 1 rings (SSSR count). The van der Waals surface area contributed by atoms with E-state index < -0.39 is 24.6 Å². The topological polar surface area (TPSA) is 61.8 Å². The van der Waals surface area contributed by atoms with Crippen LogP contribution < -0.4 is 10.1 Å². The van der Waals surface area contributed by atoms with E-state index >= 15 is 0 Å². The van der Waals surface area contributed by atoms with Crippen LogP contribution in [0.1, 0.15) is 20.8 Å². The number of alkyl halides is 2. The van der Waals surface area contributed by atoms with Crippen LogP contribution in [0.2, 0.25) is 0 Å². The molecule has 0 heterocycles. The predicted octanol–water partition coefficient (Wildman–Crippen LogP) is 3.05. The molecule has 8 heteroatoms. The summed E-state index contributed by atoms with van der Waals surface area (Å²) in [6, 6.07) is 1.94. The van der Waals surface area contributed by atoms with Crippen LogP contribution in [0.4, 0.5) is 23.7 Å². The van der Waals surface area contributed by atoms with Crippen molar-refractivity contribution in [1.29, 1.82) is 0 Å². The molecule has 2 amide bonds. The van der Waals surface area contributed by atoms with Crippen molar-refractivity contribution in [3.05, 3.63) is 24.0 Å². The molecule has 0 aromatic heterocycles. The zero-order chi connectivity index (χ0) is 16.9. The second-order valence-corrected chi connectivity index (χ2v) is 5.04. The van der Waals surface area contributed by atoms with E-state index in [1.165, 1.54) is 11.8 Å². The molecule has 0 saturated heterocycles. The Labute approximate surface area is 126 Å². The minimum atomic E-state index is -3.10. The smallest absolute Gasteiger partial charge is 0.387 e. The molecule has 22 heavy (non-hydrogen) atoms. The summed E-state index contributed by atoms with van der Waals surface area (Å²) in [4.78, 5) is 13.5. The molecule has 0 aliphatic rings. The molecule has 124 valence electrons. The fourth-order valence-electron chi connectivity index (χ4n) is 1.80. The normalized spacial score (nSPS) is 12.4. The second-order valence-electron chi connectivity index (χ2n) is 5.04. The number of nitrogens with zero attached hydrogens (tertiary/aromatic N) is 1. The van der Waals surface area contributed by atoms with E-state index in [0.717, 1.165) is 18.2 Å². The Hall–Kier alpha value is -1.96. The van der Waals surface area contributed by atoms with Crippen LogP contribution in [-0.4, -0.2) is 41.3 Å². The van der Waals surface area contributed by atoms with Gasteiger partial charge in [0.1, 0.15) is 11.6 Å². The average molecular weight is 320 g/mol. The molecule has 2 N–H and O–H groups in total. The predicted molar refractivity (Wildman–Crippen MR) is 75.6 cm³/mol. The number of rotatable bonds is 6. The van der Waals surface area contributed by atoms with Gasteiger partial charge in [-0.2, -0.15) is 8.78 Å². The van der Waals surface area contributed by atoms with Crippen LogP contribution >= 0.6 is 0 Å². The number of carbonyl (C=O) groups is 1. The molecule has 1 aromatic rings. The average Bonchev–Trinajstić information content (AvgIpc) is 2.38. The van der Waals surface area contributed by atoms with Crippen LogP contribution in [0.15, 0.2) is 18.2 Å². The third-order valence-electron chi connectivity index (χ3n) is 2.74. The van der Waals surface area contributed by atoms with Gasteiger partial charge in [0, 0.05) is 18.7 Å². The van der Waals surface area contributed by atoms with E-state index in [2.05, 4.69) is 10.1 Å². The summed E-state index contributed by atoms with van der Waals surface area (Å²) < 4.78 is 42.1. The number of anilines is 1. The number of carbonyl (C=O) groups excluding carboxylic acids is 1. The molecule has 0 bridgehead atoms.